The van der Waals surface area contributed by atoms with Crippen molar-refractivity contribution < 1.29 is 4.42 Å². The molecule has 0 fully saturated rings. The molecule has 0 amide bonds. The number of benzene rings is 6. The summed E-state index contributed by atoms with van der Waals surface area (Å²) < 4.78 is 6.14. The third-order valence-electron chi connectivity index (χ3n) is 8.82. The Balaban J connectivity index is 1.15. The fraction of sp³-hybridized carbons (Fsp3) is 0.0488. The lowest BCUT2D eigenvalue weighted by molar-refractivity contribution is 0.669. The number of allylic oxidation sites excluding steroid dienone is 4. The van der Waals surface area contributed by atoms with Gasteiger partial charge in [0.1, 0.15) is 17.0 Å². The summed E-state index contributed by atoms with van der Waals surface area (Å²) in [4.78, 5) is 15.1. The summed E-state index contributed by atoms with van der Waals surface area (Å²) in [5.74, 6) is 2.25. The third kappa shape index (κ3) is 4.42. The average Bonchev–Trinajstić information content (AvgIpc) is 3.51. The second-order valence-electron chi connectivity index (χ2n) is 11.6. The highest BCUT2D eigenvalue weighted by Crippen LogP contribution is 2.37. The molecule has 0 radical (unpaired) electrons. The molecule has 4 heteroatoms. The smallest absolute Gasteiger partial charge is 0.163 e. The molecule has 0 saturated heterocycles. The second-order valence-corrected chi connectivity index (χ2v) is 11.6. The van der Waals surface area contributed by atoms with Crippen molar-refractivity contribution in [3.63, 3.8) is 0 Å². The van der Waals surface area contributed by atoms with Crippen molar-refractivity contribution in [1.29, 1.82) is 0 Å². The Morgan fingerprint density at radius 1 is 0.533 bits per heavy atom. The first-order valence-electron chi connectivity index (χ1n) is 15.3. The zero-order valence-electron chi connectivity index (χ0n) is 24.4. The summed E-state index contributed by atoms with van der Waals surface area (Å²) in [5.41, 5.74) is 5.98. The van der Waals surface area contributed by atoms with Gasteiger partial charge in [0.15, 0.2) is 11.6 Å². The van der Waals surface area contributed by atoms with E-state index in [4.69, 9.17) is 19.4 Å². The van der Waals surface area contributed by atoms with Crippen LogP contribution >= 0.6 is 0 Å². The minimum absolute atomic E-state index is 0.103. The van der Waals surface area contributed by atoms with Crippen LogP contribution in [0.25, 0.3) is 77.4 Å². The first-order chi connectivity index (χ1) is 22.3. The summed E-state index contributed by atoms with van der Waals surface area (Å²) in [6.45, 7) is 0. The predicted molar refractivity (Wildman–Crippen MR) is 184 cm³/mol. The van der Waals surface area contributed by atoms with Gasteiger partial charge in [0, 0.05) is 27.8 Å². The van der Waals surface area contributed by atoms with Crippen LogP contribution in [0.4, 0.5) is 0 Å². The predicted octanol–water partition coefficient (Wildman–Crippen LogP) is 10.7. The maximum atomic E-state index is 6.14. The van der Waals surface area contributed by atoms with Crippen LogP contribution in [-0.2, 0) is 0 Å². The SMILES string of the molecule is C1=CCC(c2nc(-c3ccc(-c4cccc5oc6ccccc6c45)cc3)nc(-c3ccc4c(ccc5ccccc54)c3)n2)C=C1. The van der Waals surface area contributed by atoms with Crippen molar-refractivity contribution in [2.45, 2.75) is 12.3 Å². The van der Waals surface area contributed by atoms with Crippen molar-refractivity contribution in [2.24, 2.45) is 0 Å². The molecule has 6 aromatic carbocycles. The van der Waals surface area contributed by atoms with Crippen LogP contribution in [0.3, 0.4) is 0 Å². The number of fused-ring (bicyclic) bond motifs is 6. The first kappa shape index (κ1) is 25.6. The van der Waals surface area contributed by atoms with Crippen molar-refractivity contribution in [3.8, 4) is 33.9 Å². The zero-order valence-corrected chi connectivity index (χ0v) is 24.4. The molecule has 0 N–H and O–H groups in total. The van der Waals surface area contributed by atoms with Crippen LogP contribution < -0.4 is 0 Å². The standard InChI is InChI=1S/C41H27N3O/c1-2-10-28(11-3-1)39-42-40(44-41(43-39)31-23-24-33-30(25-31)22-19-26-9-4-5-12-32(26)33)29-20-17-27(18-21-29)34-14-8-16-37-38(34)35-13-6-7-15-36(35)45-37/h1-10,12-25,28H,11H2. The molecule has 1 unspecified atom stereocenters. The van der Waals surface area contributed by atoms with Gasteiger partial charge in [-0.25, -0.2) is 15.0 Å². The summed E-state index contributed by atoms with van der Waals surface area (Å²) >= 11 is 0. The largest absolute Gasteiger partial charge is 0.456 e. The van der Waals surface area contributed by atoms with Gasteiger partial charge < -0.3 is 4.42 Å². The molecule has 1 atom stereocenters. The van der Waals surface area contributed by atoms with E-state index in [0.29, 0.717) is 11.6 Å². The number of rotatable bonds is 4. The highest BCUT2D eigenvalue weighted by molar-refractivity contribution is 6.12. The van der Waals surface area contributed by atoms with E-state index in [9.17, 15) is 0 Å². The molecule has 0 spiro atoms. The second kappa shape index (κ2) is 10.4. The molecule has 45 heavy (non-hydrogen) atoms. The molecule has 2 aromatic heterocycles. The highest BCUT2D eigenvalue weighted by Gasteiger charge is 2.18. The lowest BCUT2D eigenvalue weighted by Crippen LogP contribution is -2.07. The Morgan fingerprint density at radius 2 is 1.24 bits per heavy atom. The van der Waals surface area contributed by atoms with Crippen molar-refractivity contribution in [2.75, 3.05) is 0 Å². The Hall–Kier alpha value is -5.87. The number of furan rings is 1. The fourth-order valence-corrected chi connectivity index (χ4v) is 6.55. The van der Waals surface area contributed by atoms with Gasteiger partial charge in [-0.05, 0) is 57.3 Å². The number of hydrogen-bond acceptors (Lipinski definition) is 4. The molecule has 1 aliphatic carbocycles. The topological polar surface area (TPSA) is 51.8 Å². The summed E-state index contributed by atoms with van der Waals surface area (Å²) in [7, 11) is 0. The maximum absolute atomic E-state index is 6.14. The Morgan fingerprint density at radius 3 is 2.11 bits per heavy atom. The van der Waals surface area contributed by atoms with E-state index in [1.165, 1.54) is 21.5 Å². The molecule has 212 valence electrons. The van der Waals surface area contributed by atoms with E-state index in [2.05, 4.69) is 127 Å². The molecule has 4 nitrogen and oxygen atoms in total. The quantitative estimate of drug-likeness (QED) is 0.195. The molecule has 0 aliphatic heterocycles. The normalized spacial score (nSPS) is 14.6. The van der Waals surface area contributed by atoms with Crippen LogP contribution in [-0.4, -0.2) is 15.0 Å². The number of hydrogen-bond donors (Lipinski definition) is 0. The minimum atomic E-state index is 0.103. The van der Waals surface area contributed by atoms with E-state index in [1.807, 2.05) is 18.2 Å². The number of aromatic nitrogens is 3. The zero-order chi connectivity index (χ0) is 29.7. The van der Waals surface area contributed by atoms with E-state index < -0.39 is 0 Å². The highest BCUT2D eigenvalue weighted by atomic mass is 16.3. The van der Waals surface area contributed by atoms with Crippen LogP contribution in [0.5, 0.6) is 0 Å². The van der Waals surface area contributed by atoms with Gasteiger partial charge in [0.2, 0.25) is 0 Å². The van der Waals surface area contributed by atoms with E-state index >= 15 is 0 Å². The van der Waals surface area contributed by atoms with Gasteiger partial charge in [0.05, 0.1) is 0 Å². The molecule has 1 aliphatic rings. The first-order valence-corrected chi connectivity index (χ1v) is 15.3. The molecule has 0 bridgehead atoms. The lowest BCUT2D eigenvalue weighted by atomic mass is 9.98. The Bertz CT molecular complexity index is 2470. The molecule has 0 saturated carbocycles. The maximum Gasteiger partial charge on any atom is 0.163 e. The molecular weight excluding hydrogens is 550 g/mol. The third-order valence-corrected chi connectivity index (χ3v) is 8.82. The number of nitrogens with zero attached hydrogens (tertiary/aromatic N) is 3. The van der Waals surface area contributed by atoms with Gasteiger partial charge in [-0.1, -0.05) is 127 Å². The van der Waals surface area contributed by atoms with E-state index in [-0.39, 0.29) is 5.92 Å². The fourth-order valence-electron chi connectivity index (χ4n) is 6.55. The van der Waals surface area contributed by atoms with Crippen LogP contribution in [0.2, 0.25) is 0 Å². The molecule has 9 rings (SSSR count). The molecule has 2 heterocycles. The molecular formula is C41H27N3O. The summed E-state index contributed by atoms with van der Waals surface area (Å²) in [6, 6.07) is 42.4. The van der Waals surface area contributed by atoms with Crippen LogP contribution in [0.15, 0.2) is 150 Å². The number of para-hydroxylation sites is 1. The van der Waals surface area contributed by atoms with E-state index in [1.54, 1.807) is 0 Å². The Labute approximate surface area is 260 Å². The monoisotopic (exact) mass is 577 g/mol. The van der Waals surface area contributed by atoms with Gasteiger partial charge in [-0.15, -0.1) is 0 Å². The van der Waals surface area contributed by atoms with Crippen LogP contribution in [0, 0.1) is 0 Å². The average molecular weight is 578 g/mol. The van der Waals surface area contributed by atoms with Gasteiger partial charge in [0.25, 0.3) is 0 Å². The van der Waals surface area contributed by atoms with Crippen LogP contribution in [0.1, 0.15) is 18.2 Å². The lowest BCUT2D eigenvalue weighted by Gasteiger charge is -2.15. The van der Waals surface area contributed by atoms with Crippen molar-refractivity contribution >= 4 is 43.5 Å². The summed E-state index contributed by atoms with van der Waals surface area (Å²) in [6.07, 6.45) is 9.37. The van der Waals surface area contributed by atoms with Crippen molar-refractivity contribution in [3.05, 3.63) is 151 Å². The molecule has 8 aromatic rings. The minimum Gasteiger partial charge on any atom is -0.456 e. The Kier molecular flexibility index (Phi) is 5.91. The van der Waals surface area contributed by atoms with Gasteiger partial charge in [-0.2, -0.15) is 0 Å². The van der Waals surface area contributed by atoms with Gasteiger partial charge >= 0.3 is 0 Å². The van der Waals surface area contributed by atoms with Crippen molar-refractivity contribution in [1.82, 2.24) is 15.0 Å². The van der Waals surface area contributed by atoms with Gasteiger partial charge in [-0.3, -0.25) is 0 Å². The summed E-state index contributed by atoms with van der Waals surface area (Å²) in [5, 5.41) is 7.13. The van der Waals surface area contributed by atoms with E-state index in [0.717, 1.165) is 56.4 Å².